The van der Waals surface area contributed by atoms with Crippen molar-refractivity contribution in [3.8, 4) is 5.75 Å². The summed E-state index contributed by atoms with van der Waals surface area (Å²) in [5.74, 6) is 0.693. The van der Waals surface area contributed by atoms with Crippen LogP contribution >= 0.6 is 11.6 Å². The summed E-state index contributed by atoms with van der Waals surface area (Å²) in [6.07, 6.45) is -4.27. The van der Waals surface area contributed by atoms with E-state index in [1.165, 1.54) is 0 Å². The van der Waals surface area contributed by atoms with Crippen molar-refractivity contribution in [1.29, 1.82) is 0 Å². The van der Waals surface area contributed by atoms with Gasteiger partial charge in [-0.25, -0.2) is 0 Å². The predicted molar refractivity (Wildman–Crippen MR) is 67.7 cm³/mol. The highest BCUT2D eigenvalue weighted by Gasteiger charge is 2.27. The molecule has 0 fully saturated rings. The first-order chi connectivity index (χ1) is 8.78. The molecule has 0 radical (unpaired) electrons. The number of hydrogen-bond donors (Lipinski definition) is 0. The maximum absolute atomic E-state index is 11.9. The highest BCUT2D eigenvalue weighted by molar-refractivity contribution is 6.20. The van der Waals surface area contributed by atoms with E-state index in [0.717, 1.165) is 0 Å². The first kappa shape index (κ1) is 16.1. The van der Waals surface area contributed by atoms with Gasteiger partial charge in [-0.05, 0) is 31.5 Å². The zero-order valence-electron chi connectivity index (χ0n) is 10.7. The molecule has 0 aliphatic rings. The van der Waals surface area contributed by atoms with E-state index in [-0.39, 0.29) is 12.7 Å². The maximum atomic E-state index is 11.9. The van der Waals surface area contributed by atoms with Crippen molar-refractivity contribution in [1.82, 2.24) is 0 Å². The molecule has 0 aliphatic heterocycles. The van der Waals surface area contributed by atoms with Gasteiger partial charge in [0.1, 0.15) is 12.4 Å². The molecule has 0 spiro atoms. The van der Waals surface area contributed by atoms with Gasteiger partial charge in [-0.2, -0.15) is 13.2 Å². The molecule has 1 aromatic rings. The van der Waals surface area contributed by atoms with Crippen LogP contribution in [0.25, 0.3) is 0 Å². The third-order valence-corrected chi connectivity index (χ3v) is 2.52. The van der Waals surface area contributed by atoms with E-state index in [1.807, 2.05) is 13.8 Å². The van der Waals surface area contributed by atoms with Gasteiger partial charge in [0.05, 0.1) is 18.1 Å². The Morgan fingerprint density at radius 1 is 1.16 bits per heavy atom. The second-order valence-electron chi connectivity index (χ2n) is 4.33. The molecule has 0 bridgehead atoms. The summed E-state index contributed by atoms with van der Waals surface area (Å²) in [4.78, 5) is 0. The summed E-state index contributed by atoms with van der Waals surface area (Å²) in [5, 5.41) is -0.615. The van der Waals surface area contributed by atoms with Gasteiger partial charge in [-0.3, -0.25) is 0 Å². The predicted octanol–water partition coefficient (Wildman–Crippen LogP) is 4.33. The number of halogens is 4. The van der Waals surface area contributed by atoms with Crippen LogP contribution in [0.2, 0.25) is 0 Å². The van der Waals surface area contributed by atoms with E-state index in [1.54, 1.807) is 24.3 Å². The Kier molecular flexibility index (Phi) is 5.94. The second-order valence-corrected chi connectivity index (χ2v) is 4.86. The Morgan fingerprint density at radius 3 is 2.21 bits per heavy atom. The van der Waals surface area contributed by atoms with Gasteiger partial charge in [-0.15, -0.1) is 11.6 Å². The fraction of sp³-hybridized carbons (Fsp3) is 0.538. The second kappa shape index (κ2) is 7.01. The van der Waals surface area contributed by atoms with E-state index in [2.05, 4.69) is 4.74 Å². The third-order valence-electron chi connectivity index (χ3n) is 2.14. The third kappa shape index (κ3) is 6.68. The molecule has 19 heavy (non-hydrogen) atoms. The van der Waals surface area contributed by atoms with E-state index in [0.29, 0.717) is 11.3 Å². The smallest absolute Gasteiger partial charge is 0.411 e. The molecule has 0 N–H and O–H groups in total. The Balaban J connectivity index is 2.46. The Hall–Kier alpha value is -0.940. The zero-order chi connectivity index (χ0) is 14.5. The van der Waals surface area contributed by atoms with Gasteiger partial charge >= 0.3 is 6.18 Å². The average Bonchev–Trinajstić information content (AvgIpc) is 2.27. The van der Waals surface area contributed by atoms with Crippen LogP contribution in [0.15, 0.2) is 24.3 Å². The van der Waals surface area contributed by atoms with Crippen LogP contribution in [0.3, 0.4) is 0 Å². The van der Waals surface area contributed by atoms with Crippen molar-refractivity contribution in [2.24, 2.45) is 0 Å². The van der Waals surface area contributed by atoms with Crippen LogP contribution in [0.5, 0.6) is 5.75 Å². The summed E-state index contributed by atoms with van der Waals surface area (Å²) < 4.78 is 45.7. The maximum Gasteiger partial charge on any atom is 0.411 e. The molecule has 0 amide bonds. The molecular weight excluding hydrogens is 281 g/mol. The number of ether oxygens (including phenoxy) is 2. The molecular formula is C13H16ClF3O2. The topological polar surface area (TPSA) is 18.5 Å². The molecule has 0 saturated heterocycles. The first-order valence-electron chi connectivity index (χ1n) is 5.83. The largest absolute Gasteiger partial charge is 0.491 e. The lowest BCUT2D eigenvalue weighted by Gasteiger charge is -2.14. The lowest BCUT2D eigenvalue weighted by atomic mass is 10.1. The van der Waals surface area contributed by atoms with Gasteiger partial charge in [-0.1, -0.05) is 12.1 Å². The molecule has 1 unspecified atom stereocenters. The molecule has 1 rings (SSSR count). The quantitative estimate of drug-likeness (QED) is 0.727. The molecule has 0 saturated carbocycles. The molecule has 0 heterocycles. The molecule has 6 heteroatoms. The molecule has 1 aromatic carbocycles. The summed E-state index contributed by atoms with van der Waals surface area (Å²) >= 11 is 5.96. The number of rotatable bonds is 6. The van der Waals surface area contributed by atoms with Crippen molar-refractivity contribution < 1.29 is 22.6 Å². The molecule has 108 valence electrons. The highest BCUT2D eigenvalue weighted by Crippen LogP contribution is 2.24. The molecule has 1 atom stereocenters. The summed E-state index contributed by atoms with van der Waals surface area (Å²) in [7, 11) is 0. The minimum Gasteiger partial charge on any atom is -0.491 e. The van der Waals surface area contributed by atoms with Gasteiger partial charge in [0.15, 0.2) is 0 Å². The van der Waals surface area contributed by atoms with Gasteiger partial charge in [0.2, 0.25) is 0 Å². The highest BCUT2D eigenvalue weighted by atomic mass is 35.5. The van der Waals surface area contributed by atoms with Crippen LogP contribution in [-0.2, 0) is 4.74 Å². The number of hydrogen-bond acceptors (Lipinski definition) is 2. The van der Waals surface area contributed by atoms with Crippen molar-refractivity contribution in [3.63, 3.8) is 0 Å². The van der Waals surface area contributed by atoms with Gasteiger partial charge < -0.3 is 9.47 Å². The van der Waals surface area contributed by atoms with Crippen LogP contribution in [0.1, 0.15) is 24.8 Å². The SMILES string of the molecule is CC(C)Oc1ccc(C(Cl)COCC(F)(F)F)cc1. The first-order valence-corrected chi connectivity index (χ1v) is 6.27. The van der Waals surface area contributed by atoms with E-state index >= 15 is 0 Å². The fourth-order valence-electron chi connectivity index (χ4n) is 1.40. The summed E-state index contributed by atoms with van der Waals surface area (Å²) in [5.41, 5.74) is 0.694. The van der Waals surface area contributed by atoms with Crippen molar-refractivity contribution in [2.75, 3.05) is 13.2 Å². The van der Waals surface area contributed by atoms with Crippen molar-refractivity contribution in [3.05, 3.63) is 29.8 Å². The van der Waals surface area contributed by atoms with Gasteiger partial charge in [0.25, 0.3) is 0 Å². The van der Waals surface area contributed by atoms with E-state index in [9.17, 15) is 13.2 Å². The normalized spacial score (nSPS) is 13.6. The monoisotopic (exact) mass is 296 g/mol. The summed E-state index contributed by atoms with van der Waals surface area (Å²) in [6, 6.07) is 6.89. The van der Waals surface area contributed by atoms with Crippen molar-refractivity contribution in [2.45, 2.75) is 31.5 Å². The molecule has 0 aromatic heterocycles. The lowest BCUT2D eigenvalue weighted by molar-refractivity contribution is -0.173. The van der Waals surface area contributed by atoms with E-state index in [4.69, 9.17) is 16.3 Å². The Bertz CT molecular complexity index is 376. The van der Waals surface area contributed by atoms with Crippen LogP contribution < -0.4 is 4.74 Å². The molecule has 2 nitrogen and oxygen atoms in total. The zero-order valence-corrected chi connectivity index (χ0v) is 11.5. The number of benzene rings is 1. The van der Waals surface area contributed by atoms with Crippen LogP contribution in [0, 0.1) is 0 Å². The Labute approximate surface area is 115 Å². The minimum absolute atomic E-state index is 0.0627. The standard InChI is InChI=1S/C13H16ClF3O2/c1-9(2)19-11-5-3-10(4-6-11)12(14)7-18-8-13(15,16)17/h3-6,9,12H,7-8H2,1-2H3. The van der Waals surface area contributed by atoms with Crippen LogP contribution in [-0.4, -0.2) is 25.5 Å². The van der Waals surface area contributed by atoms with E-state index < -0.39 is 18.2 Å². The fourth-order valence-corrected chi connectivity index (χ4v) is 1.64. The average molecular weight is 297 g/mol. The van der Waals surface area contributed by atoms with Crippen LogP contribution in [0.4, 0.5) is 13.2 Å². The Morgan fingerprint density at radius 2 is 1.74 bits per heavy atom. The molecule has 0 aliphatic carbocycles. The lowest BCUT2D eigenvalue weighted by Crippen LogP contribution is -2.18. The summed E-state index contributed by atoms with van der Waals surface area (Å²) in [6.45, 7) is 2.34. The van der Waals surface area contributed by atoms with Gasteiger partial charge in [0, 0.05) is 0 Å². The number of alkyl halides is 4. The minimum atomic E-state index is -4.33. The van der Waals surface area contributed by atoms with Crippen molar-refractivity contribution >= 4 is 11.6 Å².